The molecule has 2 heterocycles. The van der Waals surface area contributed by atoms with Gasteiger partial charge in [-0.1, -0.05) is 23.9 Å². The average molecular weight is 400 g/mol. The van der Waals surface area contributed by atoms with Crippen LogP contribution in [0.1, 0.15) is 0 Å². The highest BCUT2D eigenvalue weighted by Crippen LogP contribution is 2.28. The summed E-state index contributed by atoms with van der Waals surface area (Å²) in [6.45, 7) is 3.25. The number of Topliss-reactive ketones (excluding diaryl/α,β-unsaturated/α-hetero) is 1. The molecule has 2 amide bonds. The summed E-state index contributed by atoms with van der Waals surface area (Å²) in [6.07, 6.45) is 0. The van der Waals surface area contributed by atoms with Gasteiger partial charge in [0.05, 0.1) is 31.6 Å². The minimum absolute atomic E-state index is 0. The number of carbonyl (C=O) groups excluding carboxylic acids is 3. The number of imide groups is 1. The van der Waals surface area contributed by atoms with Gasteiger partial charge >= 0.3 is 0 Å². The molecule has 2 aliphatic rings. The number of nitrogens with zero attached hydrogens (tertiary/aromatic N) is 3. The Morgan fingerprint density at radius 3 is 2.42 bits per heavy atom. The van der Waals surface area contributed by atoms with Crippen LogP contribution in [0.5, 0.6) is 5.75 Å². The fraction of sp³-hybridized carbons (Fsp3) is 0.471. The van der Waals surface area contributed by atoms with Crippen LogP contribution in [0, 0.1) is 0 Å². The zero-order valence-electron chi connectivity index (χ0n) is 14.6. The first-order valence-electron chi connectivity index (χ1n) is 8.17. The zero-order chi connectivity index (χ0) is 17.8. The molecular formula is C17H22ClN3O4S. The van der Waals surface area contributed by atoms with Gasteiger partial charge < -0.3 is 9.64 Å². The monoisotopic (exact) mass is 399 g/mol. The Bertz CT molecular complexity index is 664. The number of amides is 2. The van der Waals surface area contributed by atoms with Crippen molar-refractivity contribution in [1.82, 2.24) is 9.80 Å². The van der Waals surface area contributed by atoms with Crippen LogP contribution in [0.15, 0.2) is 24.3 Å². The van der Waals surface area contributed by atoms with E-state index in [1.807, 2.05) is 24.3 Å². The first kappa shape index (κ1) is 20.5. The van der Waals surface area contributed by atoms with E-state index in [-0.39, 0.29) is 48.2 Å². The minimum Gasteiger partial charge on any atom is -0.495 e. The number of methoxy groups -OCH3 is 1. The Morgan fingerprint density at radius 1 is 1.12 bits per heavy atom. The van der Waals surface area contributed by atoms with Gasteiger partial charge in [-0.25, -0.2) is 0 Å². The Morgan fingerprint density at radius 2 is 1.81 bits per heavy atom. The molecule has 9 heteroatoms. The molecule has 0 radical (unpaired) electrons. The van der Waals surface area contributed by atoms with E-state index in [1.165, 1.54) is 0 Å². The fourth-order valence-corrected chi connectivity index (χ4v) is 3.77. The molecule has 3 rings (SSSR count). The van der Waals surface area contributed by atoms with Gasteiger partial charge in [0.25, 0.3) is 5.24 Å². The van der Waals surface area contributed by atoms with Gasteiger partial charge in [-0.2, -0.15) is 0 Å². The lowest BCUT2D eigenvalue weighted by Crippen LogP contribution is -2.49. The number of para-hydroxylation sites is 2. The van der Waals surface area contributed by atoms with Crippen molar-refractivity contribution < 1.29 is 19.1 Å². The maximum Gasteiger partial charge on any atom is 0.289 e. The third kappa shape index (κ3) is 4.69. The van der Waals surface area contributed by atoms with Crippen molar-refractivity contribution in [2.75, 3.05) is 57.0 Å². The van der Waals surface area contributed by atoms with Crippen molar-refractivity contribution in [3.8, 4) is 5.75 Å². The topological polar surface area (TPSA) is 70.2 Å². The SMILES string of the molecule is COc1ccccc1N1CCN(CC(=O)CN2C(=O)CSC2=O)CC1.Cl. The van der Waals surface area contributed by atoms with Crippen LogP contribution in [-0.4, -0.2) is 78.9 Å². The van der Waals surface area contributed by atoms with E-state index >= 15 is 0 Å². The number of piperazine rings is 1. The fourth-order valence-electron chi connectivity index (χ4n) is 3.05. The minimum atomic E-state index is -0.320. The number of hydrogen-bond acceptors (Lipinski definition) is 7. The Kier molecular flexibility index (Phi) is 7.31. The van der Waals surface area contributed by atoms with Crippen LogP contribution in [0.3, 0.4) is 0 Å². The third-order valence-corrected chi connectivity index (χ3v) is 5.23. The largest absolute Gasteiger partial charge is 0.495 e. The second kappa shape index (κ2) is 9.25. The van der Waals surface area contributed by atoms with Crippen molar-refractivity contribution in [3.63, 3.8) is 0 Å². The molecule has 2 fully saturated rings. The summed E-state index contributed by atoms with van der Waals surface area (Å²) >= 11 is 0.956. The molecule has 0 spiro atoms. The number of halogens is 1. The van der Waals surface area contributed by atoms with Crippen molar-refractivity contribution in [1.29, 1.82) is 0 Å². The highest BCUT2D eigenvalue weighted by molar-refractivity contribution is 8.14. The van der Waals surface area contributed by atoms with E-state index < -0.39 is 0 Å². The molecule has 0 N–H and O–H groups in total. The molecule has 0 bridgehead atoms. The standard InChI is InChI=1S/C17H21N3O4S.ClH/c1-24-15-5-3-2-4-14(15)19-8-6-18(7-9-19)10-13(21)11-20-16(22)12-25-17(20)23;/h2-5H,6-12H2,1H3;1H. The summed E-state index contributed by atoms with van der Waals surface area (Å²) in [5.41, 5.74) is 1.06. The van der Waals surface area contributed by atoms with Crippen molar-refractivity contribution in [3.05, 3.63) is 24.3 Å². The van der Waals surface area contributed by atoms with E-state index in [0.717, 1.165) is 54.3 Å². The third-order valence-electron chi connectivity index (χ3n) is 4.37. The molecule has 2 aliphatic heterocycles. The second-order valence-electron chi connectivity index (χ2n) is 6.01. The van der Waals surface area contributed by atoms with E-state index in [0.29, 0.717) is 0 Å². The normalized spacial score (nSPS) is 18.0. The van der Waals surface area contributed by atoms with Crippen LogP contribution in [0.2, 0.25) is 0 Å². The van der Waals surface area contributed by atoms with E-state index in [4.69, 9.17) is 4.74 Å². The molecular weight excluding hydrogens is 378 g/mol. The summed E-state index contributed by atoms with van der Waals surface area (Å²) in [7, 11) is 1.66. The van der Waals surface area contributed by atoms with Crippen molar-refractivity contribution in [2.45, 2.75) is 0 Å². The van der Waals surface area contributed by atoms with E-state index in [9.17, 15) is 14.4 Å². The maximum absolute atomic E-state index is 12.2. The average Bonchev–Trinajstić information content (AvgIpc) is 2.94. The lowest BCUT2D eigenvalue weighted by atomic mass is 10.2. The second-order valence-corrected chi connectivity index (χ2v) is 6.93. The molecule has 7 nitrogen and oxygen atoms in total. The number of carbonyl (C=O) groups is 3. The molecule has 0 aliphatic carbocycles. The summed E-state index contributed by atoms with van der Waals surface area (Å²) in [5.74, 6) is 0.610. The number of ketones is 1. The Balaban J connectivity index is 0.00000243. The van der Waals surface area contributed by atoms with Gasteiger partial charge in [0, 0.05) is 26.2 Å². The van der Waals surface area contributed by atoms with Gasteiger partial charge in [-0.15, -0.1) is 12.4 Å². The van der Waals surface area contributed by atoms with Gasteiger partial charge in [0.2, 0.25) is 5.91 Å². The van der Waals surface area contributed by atoms with E-state index in [1.54, 1.807) is 7.11 Å². The number of thioether (sulfide) groups is 1. The summed E-state index contributed by atoms with van der Waals surface area (Å²) in [6, 6.07) is 7.89. The first-order valence-corrected chi connectivity index (χ1v) is 9.16. The molecule has 1 aromatic rings. The predicted molar refractivity (Wildman–Crippen MR) is 103 cm³/mol. The lowest BCUT2D eigenvalue weighted by Gasteiger charge is -2.36. The Hall–Kier alpha value is -1.77. The number of hydrogen-bond donors (Lipinski definition) is 0. The first-order chi connectivity index (χ1) is 12.1. The molecule has 0 atom stereocenters. The highest BCUT2D eigenvalue weighted by Gasteiger charge is 2.32. The van der Waals surface area contributed by atoms with Crippen molar-refractivity contribution in [2.24, 2.45) is 0 Å². The van der Waals surface area contributed by atoms with E-state index in [2.05, 4.69) is 9.80 Å². The molecule has 2 saturated heterocycles. The predicted octanol–water partition coefficient (Wildman–Crippen LogP) is 1.50. The van der Waals surface area contributed by atoms with Crippen LogP contribution < -0.4 is 9.64 Å². The van der Waals surface area contributed by atoms with Gasteiger partial charge in [0.15, 0.2) is 5.78 Å². The van der Waals surface area contributed by atoms with Gasteiger partial charge in [0.1, 0.15) is 5.75 Å². The molecule has 0 aromatic heterocycles. The lowest BCUT2D eigenvalue weighted by molar-refractivity contribution is -0.130. The number of anilines is 1. The maximum atomic E-state index is 12.2. The van der Waals surface area contributed by atoms with Crippen LogP contribution in [-0.2, 0) is 9.59 Å². The smallest absolute Gasteiger partial charge is 0.289 e. The van der Waals surface area contributed by atoms with Crippen LogP contribution in [0.25, 0.3) is 0 Å². The molecule has 26 heavy (non-hydrogen) atoms. The summed E-state index contributed by atoms with van der Waals surface area (Å²) in [5, 5.41) is -0.320. The summed E-state index contributed by atoms with van der Waals surface area (Å²) in [4.78, 5) is 40.7. The van der Waals surface area contributed by atoms with Crippen LogP contribution in [0.4, 0.5) is 10.5 Å². The zero-order valence-corrected chi connectivity index (χ0v) is 16.2. The molecule has 0 unspecified atom stereocenters. The summed E-state index contributed by atoms with van der Waals surface area (Å²) < 4.78 is 5.40. The van der Waals surface area contributed by atoms with Crippen LogP contribution >= 0.6 is 24.2 Å². The highest BCUT2D eigenvalue weighted by atomic mass is 35.5. The quantitative estimate of drug-likeness (QED) is 0.717. The van der Waals surface area contributed by atoms with Crippen molar-refractivity contribution >= 4 is 46.8 Å². The van der Waals surface area contributed by atoms with Gasteiger partial charge in [-0.3, -0.25) is 24.2 Å². The number of benzene rings is 1. The number of rotatable bonds is 6. The van der Waals surface area contributed by atoms with Gasteiger partial charge in [-0.05, 0) is 12.1 Å². The Labute approximate surface area is 163 Å². The molecule has 0 saturated carbocycles. The molecule has 142 valence electrons. The molecule has 1 aromatic carbocycles. The number of ether oxygens (including phenoxy) is 1.